The molecule has 0 fully saturated rings. The summed E-state index contributed by atoms with van der Waals surface area (Å²) in [4.78, 5) is 19.4. The van der Waals surface area contributed by atoms with E-state index in [2.05, 4.69) is 15.6 Å². The van der Waals surface area contributed by atoms with Crippen LogP contribution < -0.4 is 0 Å². The number of phosphoric ester groups is 1. The highest BCUT2D eigenvalue weighted by Gasteiger charge is 2.24. The monoisotopic (exact) mass is 224 g/mol. The highest BCUT2D eigenvalue weighted by Crippen LogP contribution is 2.43. The zero-order chi connectivity index (χ0) is 11.0. The minimum absolute atomic E-state index is 0.0223. The van der Waals surface area contributed by atoms with Gasteiger partial charge in [-0.1, -0.05) is 6.58 Å². The minimum Gasteiger partial charge on any atom is -0.396 e. The molecule has 0 amide bonds. The Balaban J connectivity index is 3.77. The van der Waals surface area contributed by atoms with Gasteiger partial charge in [0.25, 0.3) is 0 Å². The highest BCUT2D eigenvalue weighted by atomic mass is 31.2. The molecule has 1 atom stereocenters. The average molecular weight is 224 g/mol. The molecule has 0 saturated carbocycles. The maximum Gasteiger partial charge on any atom is 0.529 e. The van der Waals surface area contributed by atoms with E-state index in [9.17, 15) is 9.36 Å². The Morgan fingerprint density at radius 3 is 2.64 bits per heavy atom. The standard InChI is InChI=1S/C7H13O6P/c1-2-7(9)13-14(10,11)12-6-4-3-5-8/h2,8H,1,3-6H2,(H,10,11). The first-order valence-electron chi connectivity index (χ1n) is 3.96. The lowest BCUT2D eigenvalue weighted by Gasteiger charge is -2.09. The third-order valence-corrected chi connectivity index (χ3v) is 2.10. The van der Waals surface area contributed by atoms with Crippen LogP contribution in [0.1, 0.15) is 12.8 Å². The second kappa shape index (κ2) is 6.73. The minimum atomic E-state index is -4.31. The predicted octanol–water partition coefficient (Wildman–Crippen LogP) is 0.605. The van der Waals surface area contributed by atoms with Crippen LogP contribution in [0.5, 0.6) is 0 Å². The van der Waals surface area contributed by atoms with Crippen LogP contribution >= 0.6 is 7.82 Å². The molecule has 0 bridgehead atoms. The summed E-state index contributed by atoms with van der Waals surface area (Å²) in [6, 6.07) is 0. The average Bonchev–Trinajstić information content (AvgIpc) is 2.12. The van der Waals surface area contributed by atoms with E-state index in [1.54, 1.807) is 0 Å². The lowest BCUT2D eigenvalue weighted by molar-refractivity contribution is -0.130. The van der Waals surface area contributed by atoms with E-state index in [0.717, 1.165) is 6.08 Å². The molecule has 0 aromatic heterocycles. The summed E-state index contributed by atoms with van der Waals surface area (Å²) < 4.78 is 19.4. The molecule has 0 rings (SSSR count). The van der Waals surface area contributed by atoms with Crippen LogP contribution in [0.2, 0.25) is 0 Å². The number of rotatable bonds is 7. The van der Waals surface area contributed by atoms with Crippen molar-refractivity contribution in [1.29, 1.82) is 0 Å². The first kappa shape index (κ1) is 13.3. The van der Waals surface area contributed by atoms with Gasteiger partial charge in [-0.15, -0.1) is 0 Å². The van der Waals surface area contributed by atoms with E-state index in [4.69, 9.17) is 10.00 Å². The zero-order valence-electron chi connectivity index (χ0n) is 7.59. The molecule has 0 aliphatic rings. The summed E-state index contributed by atoms with van der Waals surface area (Å²) in [6.07, 6.45) is 1.63. The second-order valence-electron chi connectivity index (χ2n) is 2.35. The van der Waals surface area contributed by atoms with Gasteiger partial charge in [0.15, 0.2) is 0 Å². The molecule has 0 saturated heterocycles. The molecule has 0 aromatic rings. The topological polar surface area (TPSA) is 93.1 Å². The van der Waals surface area contributed by atoms with Crippen LogP contribution in [-0.4, -0.2) is 29.2 Å². The molecule has 0 aromatic carbocycles. The van der Waals surface area contributed by atoms with E-state index in [0.29, 0.717) is 12.8 Å². The lowest BCUT2D eigenvalue weighted by atomic mass is 10.3. The van der Waals surface area contributed by atoms with Crippen molar-refractivity contribution in [3.8, 4) is 0 Å². The summed E-state index contributed by atoms with van der Waals surface area (Å²) in [6.45, 7) is 2.98. The molecule has 6 nitrogen and oxygen atoms in total. The van der Waals surface area contributed by atoms with Gasteiger partial charge in [-0.05, 0) is 12.8 Å². The van der Waals surface area contributed by atoms with Gasteiger partial charge in [-0.25, -0.2) is 9.36 Å². The Labute approximate surface area is 81.8 Å². The fraction of sp³-hybridized carbons (Fsp3) is 0.571. The smallest absolute Gasteiger partial charge is 0.396 e. The van der Waals surface area contributed by atoms with E-state index in [1.807, 2.05) is 0 Å². The van der Waals surface area contributed by atoms with Crippen molar-refractivity contribution in [3.05, 3.63) is 12.7 Å². The van der Waals surface area contributed by atoms with Gasteiger partial charge >= 0.3 is 13.8 Å². The molecule has 14 heavy (non-hydrogen) atoms. The van der Waals surface area contributed by atoms with Crippen LogP contribution in [0.4, 0.5) is 0 Å². The number of carbonyl (C=O) groups is 1. The van der Waals surface area contributed by atoms with E-state index >= 15 is 0 Å². The van der Waals surface area contributed by atoms with Crippen LogP contribution in [0.25, 0.3) is 0 Å². The maximum atomic E-state index is 10.9. The fourth-order valence-electron chi connectivity index (χ4n) is 0.571. The summed E-state index contributed by atoms with van der Waals surface area (Å²) >= 11 is 0. The van der Waals surface area contributed by atoms with Crippen molar-refractivity contribution in [1.82, 2.24) is 0 Å². The number of hydrogen-bond donors (Lipinski definition) is 2. The van der Waals surface area contributed by atoms with Crippen LogP contribution in [0, 0.1) is 0 Å². The zero-order valence-corrected chi connectivity index (χ0v) is 8.48. The van der Waals surface area contributed by atoms with Gasteiger partial charge in [-0.2, -0.15) is 0 Å². The normalized spacial score (nSPS) is 14.4. The van der Waals surface area contributed by atoms with E-state index in [-0.39, 0.29) is 13.2 Å². The SMILES string of the molecule is C=CC(=O)OP(=O)(O)OCCCCO. The maximum absolute atomic E-state index is 10.9. The lowest BCUT2D eigenvalue weighted by Crippen LogP contribution is -2.02. The second-order valence-corrected chi connectivity index (χ2v) is 3.72. The molecule has 0 aliphatic carbocycles. The van der Waals surface area contributed by atoms with Crippen molar-refractivity contribution < 1.29 is 28.4 Å². The summed E-state index contributed by atoms with van der Waals surface area (Å²) in [5.41, 5.74) is 0. The molecule has 0 spiro atoms. The van der Waals surface area contributed by atoms with Crippen LogP contribution in [-0.2, 0) is 18.4 Å². The summed E-state index contributed by atoms with van der Waals surface area (Å²) in [5.74, 6) is -1.02. The third kappa shape index (κ3) is 6.80. The Kier molecular flexibility index (Phi) is 6.40. The molecule has 82 valence electrons. The van der Waals surface area contributed by atoms with E-state index < -0.39 is 13.8 Å². The highest BCUT2D eigenvalue weighted by molar-refractivity contribution is 7.48. The van der Waals surface area contributed by atoms with Gasteiger partial charge < -0.3 is 9.63 Å². The van der Waals surface area contributed by atoms with Crippen molar-refractivity contribution in [2.45, 2.75) is 12.8 Å². The quantitative estimate of drug-likeness (QED) is 0.373. The van der Waals surface area contributed by atoms with Crippen molar-refractivity contribution in [2.24, 2.45) is 0 Å². The Bertz CT molecular complexity index is 238. The van der Waals surface area contributed by atoms with Crippen LogP contribution in [0.3, 0.4) is 0 Å². The Hall–Kier alpha value is -0.680. The van der Waals surface area contributed by atoms with Crippen molar-refractivity contribution in [2.75, 3.05) is 13.2 Å². The van der Waals surface area contributed by atoms with Gasteiger partial charge in [-0.3, -0.25) is 9.42 Å². The van der Waals surface area contributed by atoms with Crippen LogP contribution in [0.15, 0.2) is 12.7 Å². The number of aliphatic hydroxyl groups excluding tert-OH is 1. The molecular weight excluding hydrogens is 211 g/mol. The summed E-state index contributed by atoms with van der Waals surface area (Å²) in [7, 11) is -4.31. The van der Waals surface area contributed by atoms with E-state index in [1.165, 1.54) is 0 Å². The molecule has 0 heterocycles. The van der Waals surface area contributed by atoms with Gasteiger partial charge in [0.2, 0.25) is 0 Å². The molecule has 2 N–H and O–H groups in total. The number of hydrogen-bond acceptors (Lipinski definition) is 5. The molecule has 7 heteroatoms. The molecule has 1 unspecified atom stereocenters. The summed E-state index contributed by atoms with van der Waals surface area (Å²) in [5, 5.41) is 8.39. The number of aliphatic hydroxyl groups is 1. The Morgan fingerprint density at radius 2 is 2.14 bits per heavy atom. The number of unbranched alkanes of at least 4 members (excludes halogenated alkanes) is 1. The fourth-order valence-corrected chi connectivity index (χ4v) is 1.29. The molecule has 0 aliphatic heterocycles. The largest absolute Gasteiger partial charge is 0.529 e. The first-order valence-corrected chi connectivity index (χ1v) is 5.45. The number of carbonyl (C=O) groups excluding carboxylic acids is 1. The molecular formula is C7H13O6P. The van der Waals surface area contributed by atoms with Crippen molar-refractivity contribution >= 4 is 13.8 Å². The number of phosphoric acid groups is 1. The first-order chi connectivity index (χ1) is 6.52. The van der Waals surface area contributed by atoms with Gasteiger partial charge in [0.05, 0.1) is 6.61 Å². The molecule has 0 radical (unpaired) electrons. The van der Waals surface area contributed by atoms with Crippen molar-refractivity contribution in [3.63, 3.8) is 0 Å². The van der Waals surface area contributed by atoms with Gasteiger partial charge in [0.1, 0.15) is 0 Å². The Morgan fingerprint density at radius 1 is 1.50 bits per heavy atom. The predicted molar refractivity (Wildman–Crippen MR) is 48.4 cm³/mol. The van der Waals surface area contributed by atoms with Gasteiger partial charge in [0, 0.05) is 12.7 Å². The third-order valence-electron chi connectivity index (χ3n) is 1.18.